The first-order valence-corrected chi connectivity index (χ1v) is 5.39. The van der Waals surface area contributed by atoms with Crippen molar-refractivity contribution in [2.45, 2.75) is 52.2 Å². The van der Waals surface area contributed by atoms with Gasteiger partial charge in [0.05, 0.1) is 0 Å². The minimum Gasteiger partial charge on any atom is -0.444 e. The van der Waals surface area contributed by atoms with E-state index in [0.29, 0.717) is 0 Å². The fourth-order valence-corrected chi connectivity index (χ4v) is 1.17. The molecule has 16 heavy (non-hydrogen) atoms. The summed E-state index contributed by atoms with van der Waals surface area (Å²) in [5.41, 5.74) is 7.70. The lowest BCUT2D eigenvalue weighted by molar-refractivity contribution is 0.0503. The zero-order valence-electron chi connectivity index (χ0n) is 10.4. The molecule has 92 valence electrons. The predicted molar refractivity (Wildman–Crippen MR) is 62.1 cm³/mol. The molecule has 0 aliphatic carbocycles. The summed E-state index contributed by atoms with van der Waals surface area (Å²) in [7, 11) is 0. The number of azide groups is 1. The van der Waals surface area contributed by atoms with E-state index < -0.39 is 11.7 Å². The Bertz CT molecular complexity index is 266. The maximum atomic E-state index is 11.4. The molecule has 0 aromatic carbocycles. The second-order valence-corrected chi connectivity index (χ2v) is 4.55. The molecular weight excluding hydrogens is 208 g/mol. The molecule has 0 fully saturated rings. The van der Waals surface area contributed by atoms with Crippen molar-refractivity contribution in [3.63, 3.8) is 0 Å². The highest BCUT2D eigenvalue weighted by Gasteiger charge is 2.18. The van der Waals surface area contributed by atoms with Gasteiger partial charge in [-0.1, -0.05) is 18.5 Å². The maximum absolute atomic E-state index is 11.4. The third kappa shape index (κ3) is 7.94. The molecule has 0 bridgehead atoms. The third-order valence-electron chi connectivity index (χ3n) is 1.72. The standard InChI is InChI=1S/C10H20N4O2/c1-5-6-8(7-12-14-11)13-9(15)16-10(2,3)4/h8H,5-7H2,1-4H3,(H,13,15)/t8-/m0/s1. The summed E-state index contributed by atoms with van der Waals surface area (Å²) < 4.78 is 5.11. The van der Waals surface area contributed by atoms with Crippen molar-refractivity contribution in [3.8, 4) is 0 Å². The molecule has 0 spiro atoms. The zero-order chi connectivity index (χ0) is 12.6. The molecule has 0 aromatic heterocycles. The molecule has 0 aliphatic rings. The van der Waals surface area contributed by atoms with Crippen molar-refractivity contribution in [2.24, 2.45) is 5.11 Å². The van der Waals surface area contributed by atoms with Gasteiger partial charge in [0, 0.05) is 17.5 Å². The van der Waals surface area contributed by atoms with E-state index in [9.17, 15) is 4.79 Å². The highest BCUT2D eigenvalue weighted by Crippen LogP contribution is 2.07. The van der Waals surface area contributed by atoms with Gasteiger partial charge in [-0.25, -0.2) is 4.79 Å². The topological polar surface area (TPSA) is 87.1 Å². The van der Waals surface area contributed by atoms with Gasteiger partial charge in [-0.2, -0.15) is 0 Å². The molecule has 1 N–H and O–H groups in total. The van der Waals surface area contributed by atoms with E-state index in [1.165, 1.54) is 0 Å². The van der Waals surface area contributed by atoms with Crippen LogP contribution in [0.25, 0.3) is 10.4 Å². The number of alkyl carbamates (subject to hydrolysis) is 1. The van der Waals surface area contributed by atoms with Crippen molar-refractivity contribution in [1.29, 1.82) is 0 Å². The van der Waals surface area contributed by atoms with Crippen LogP contribution >= 0.6 is 0 Å². The van der Waals surface area contributed by atoms with E-state index in [0.717, 1.165) is 12.8 Å². The molecule has 6 heteroatoms. The molecule has 0 unspecified atom stereocenters. The number of carbonyl (C=O) groups excluding carboxylic acids is 1. The fraction of sp³-hybridized carbons (Fsp3) is 0.900. The molecule has 0 radical (unpaired) electrons. The Hall–Kier alpha value is -1.42. The molecule has 1 amide bonds. The number of nitrogens with one attached hydrogen (secondary N) is 1. The Balaban J connectivity index is 4.17. The molecular formula is C10H20N4O2. The van der Waals surface area contributed by atoms with E-state index in [1.807, 2.05) is 6.92 Å². The first-order chi connectivity index (χ1) is 7.39. The Morgan fingerprint density at radius 2 is 2.19 bits per heavy atom. The van der Waals surface area contributed by atoms with Crippen LogP contribution in [0.4, 0.5) is 4.79 Å². The minimum atomic E-state index is -0.515. The van der Waals surface area contributed by atoms with Gasteiger partial charge in [-0.05, 0) is 32.7 Å². The van der Waals surface area contributed by atoms with Gasteiger partial charge in [0.1, 0.15) is 5.60 Å². The van der Waals surface area contributed by atoms with Crippen LogP contribution in [0.2, 0.25) is 0 Å². The van der Waals surface area contributed by atoms with Crippen LogP contribution in [0.1, 0.15) is 40.5 Å². The molecule has 0 aliphatic heterocycles. The second-order valence-electron chi connectivity index (χ2n) is 4.55. The quantitative estimate of drug-likeness (QED) is 0.445. The number of hydrogen-bond acceptors (Lipinski definition) is 3. The molecule has 6 nitrogen and oxygen atoms in total. The lowest BCUT2D eigenvalue weighted by atomic mass is 10.2. The van der Waals surface area contributed by atoms with E-state index in [-0.39, 0.29) is 12.6 Å². The molecule has 0 saturated carbocycles. The summed E-state index contributed by atoms with van der Waals surface area (Å²) in [5.74, 6) is 0. The lowest BCUT2D eigenvalue weighted by Gasteiger charge is -2.22. The summed E-state index contributed by atoms with van der Waals surface area (Å²) in [6.07, 6.45) is 1.19. The molecule has 0 aromatic rings. The Labute approximate surface area is 96.0 Å². The van der Waals surface area contributed by atoms with Crippen LogP contribution in [-0.4, -0.2) is 24.3 Å². The van der Waals surface area contributed by atoms with Gasteiger partial charge in [0.15, 0.2) is 0 Å². The van der Waals surface area contributed by atoms with Crippen molar-refractivity contribution in [2.75, 3.05) is 6.54 Å². The van der Waals surface area contributed by atoms with Crippen LogP contribution < -0.4 is 5.32 Å². The van der Waals surface area contributed by atoms with Crippen LogP contribution in [-0.2, 0) is 4.74 Å². The largest absolute Gasteiger partial charge is 0.444 e. The van der Waals surface area contributed by atoms with Gasteiger partial charge in [0.25, 0.3) is 0 Å². The summed E-state index contributed by atoms with van der Waals surface area (Å²) in [4.78, 5) is 14.1. The third-order valence-corrected chi connectivity index (χ3v) is 1.72. The maximum Gasteiger partial charge on any atom is 0.407 e. The van der Waals surface area contributed by atoms with E-state index >= 15 is 0 Å². The number of amides is 1. The first kappa shape index (κ1) is 14.6. The number of nitrogens with zero attached hydrogens (tertiary/aromatic N) is 3. The van der Waals surface area contributed by atoms with Crippen LogP contribution in [0.15, 0.2) is 5.11 Å². The van der Waals surface area contributed by atoms with Crippen LogP contribution in [0.5, 0.6) is 0 Å². The van der Waals surface area contributed by atoms with Gasteiger partial charge < -0.3 is 10.1 Å². The fourth-order valence-electron chi connectivity index (χ4n) is 1.17. The Kier molecular flexibility index (Phi) is 6.34. The summed E-state index contributed by atoms with van der Waals surface area (Å²) in [6.45, 7) is 7.65. The number of hydrogen-bond donors (Lipinski definition) is 1. The second kappa shape index (κ2) is 6.95. The van der Waals surface area contributed by atoms with E-state index in [2.05, 4.69) is 15.3 Å². The van der Waals surface area contributed by atoms with Crippen LogP contribution in [0.3, 0.4) is 0 Å². The average molecular weight is 228 g/mol. The number of rotatable bonds is 5. The number of ether oxygens (including phenoxy) is 1. The Morgan fingerprint density at radius 3 is 2.62 bits per heavy atom. The molecule has 0 heterocycles. The van der Waals surface area contributed by atoms with Gasteiger partial charge in [-0.3, -0.25) is 0 Å². The molecule has 0 saturated heterocycles. The van der Waals surface area contributed by atoms with Crippen molar-refractivity contribution >= 4 is 6.09 Å². The normalized spacial score (nSPS) is 12.5. The van der Waals surface area contributed by atoms with E-state index in [1.54, 1.807) is 20.8 Å². The highest BCUT2D eigenvalue weighted by molar-refractivity contribution is 5.68. The van der Waals surface area contributed by atoms with Gasteiger partial charge in [-0.15, -0.1) is 0 Å². The highest BCUT2D eigenvalue weighted by atomic mass is 16.6. The smallest absolute Gasteiger partial charge is 0.407 e. The zero-order valence-corrected chi connectivity index (χ0v) is 10.4. The first-order valence-electron chi connectivity index (χ1n) is 5.39. The van der Waals surface area contributed by atoms with Crippen molar-refractivity contribution in [3.05, 3.63) is 10.4 Å². The Morgan fingerprint density at radius 1 is 1.56 bits per heavy atom. The average Bonchev–Trinajstić information content (AvgIpc) is 2.11. The van der Waals surface area contributed by atoms with Gasteiger partial charge >= 0.3 is 6.09 Å². The van der Waals surface area contributed by atoms with Gasteiger partial charge in [0.2, 0.25) is 0 Å². The molecule has 0 rings (SSSR count). The SMILES string of the molecule is CCC[C@@H](CN=[N+]=[N-])NC(=O)OC(C)(C)C. The minimum absolute atomic E-state index is 0.157. The van der Waals surface area contributed by atoms with Crippen molar-refractivity contribution in [1.82, 2.24) is 5.32 Å². The molecule has 1 atom stereocenters. The summed E-state index contributed by atoms with van der Waals surface area (Å²) in [6, 6.07) is -0.157. The van der Waals surface area contributed by atoms with Crippen molar-refractivity contribution < 1.29 is 9.53 Å². The van der Waals surface area contributed by atoms with Crippen LogP contribution in [0, 0.1) is 0 Å². The van der Waals surface area contributed by atoms with E-state index in [4.69, 9.17) is 10.3 Å². The summed E-state index contributed by atoms with van der Waals surface area (Å²) >= 11 is 0. The summed E-state index contributed by atoms with van der Waals surface area (Å²) in [5, 5.41) is 6.13. The predicted octanol–water partition coefficient (Wildman–Crippen LogP) is 2.99. The monoisotopic (exact) mass is 228 g/mol. The number of carbonyl (C=O) groups is 1. The lowest BCUT2D eigenvalue weighted by Crippen LogP contribution is -2.40.